The molecule has 1 aromatic rings. The van der Waals surface area contributed by atoms with Gasteiger partial charge in [0.05, 0.1) is 34.7 Å². The first-order chi connectivity index (χ1) is 14.8. The number of aliphatic hydroxyl groups excluding tert-OH is 1. The molecule has 2 heterocycles. The average Bonchev–Trinajstić information content (AvgIpc) is 3.17. The van der Waals surface area contributed by atoms with Crippen molar-refractivity contribution in [1.29, 1.82) is 0 Å². The van der Waals surface area contributed by atoms with Gasteiger partial charge in [-0.1, -0.05) is 38.4 Å². The van der Waals surface area contributed by atoms with Gasteiger partial charge in [0.2, 0.25) is 5.95 Å². The number of hydrogen-bond acceptors (Lipinski definition) is 7. The largest absolute Gasteiger partial charge is 0.398 e. The highest BCUT2D eigenvalue weighted by Gasteiger charge is 2.28. The van der Waals surface area contributed by atoms with Crippen molar-refractivity contribution >= 4 is 29.1 Å². The molecule has 2 aliphatic rings. The summed E-state index contributed by atoms with van der Waals surface area (Å²) < 4.78 is 2.12. The van der Waals surface area contributed by atoms with Gasteiger partial charge in [-0.15, -0.1) is 5.10 Å². The Morgan fingerprint density at radius 3 is 2.52 bits per heavy atom. The molecule has 2 aliphatic heterocycles. The van der Waals surface area contributed by atoms with Gasteiger partial charge in [-0.25, -0.2) is 0 Å². The monoisotopic (exact) mass is 445 g/mol. The van der Waals surface area contributed by atoms with Crippen LogP contribution in [0.2, 0.25) is 5.02 Å². The fourth-order valence-corrected chi connectivity index (χ4v) is 3.62. The summed E-state index contributed by atoms with van der Waals surface area (Å²) in [6, 6.07) is 5.58. The number of halogens is 1. The molecule has 0 bridgehead atoms. The normalized spacial score (nSPS) is 12.7. The molecule has 3 rings (SSSR count). The lowest BCUT2D eigenvalue weighted by molar-refractivity contribution is 0.271. The van der Waals surface area contributed by atoms with E-state index in [1.807, 2.05) is 19.1 Å². The molecule has 1 aromatic carbocycles. The second-order valence-electron chi connectivity index (χ2n) is 8.33. The smallest absolute Gasteiger partial charge is 0.205 e. The van der Waals surface area contributed by atoms with Gasteiger partial charge in [0.25, 0.3) is 0 Å². The third-order valence-electron chi connectivity index (χ3n) is 5.27. The average molecular weight is 446 g/mol. The summed E-state index contributed by atoms with van der Waals surface area (Å²) in [6.45, 7) is 11.0. The van der Waals surface area contributed by atoms with Gasteiger partial charge in [-0.05, 0) is 43.9 Å². The van der Waals surface area contributed by atoms with Crippen LogP contribution < -0.4 is 16.4 Å². The molecule has 0 fully saturated rings. The molecule has 0 radical (unpaired) electrons. The molecule has 0 saturated carbocycles. The van der Waals surface area contributed by atoms with Crippen molar-refractivity contribution in [2.75, 3.05) is 23.0 Å². The summed E-state index contributed by atoms with van der Waals surface area (Å²) in [5, 5.41) is 26.0. The standard InChI is InChI=1S/C22H32ClN7O/c1-6-15(11-31)26-22-27-21(25-10-14-7-8-16(23)17(24)9-14)19-20(30(22)13(4)5)18(12(2)3)28-29-19/h7-9,12-13,15,25,31H,6,10-11,24H2,1-5H3,(H,26,27). The van der Waals surface area contributed by atoms with Crippen molar-refractivity contribution in [2.24, 2.45) is 0 Å². The van der Waals surface area contributed by atoms with Crippen LogP contribution in [-0.2, 0) is 6.54 Å². The number of nitrogen functional groups attached to an aromatic ring is 1. The molecular formula is C22H32ClN7O. The minimum atomic E-state index is -0.0998. The highest BCUT2D eigenvalue weighted by atomic mass is 35.5. The third kappa shape index (κ3) is 4.85. The predicted octanol–water partition coefficient (Wildman–Crippen LogP) is 4.51. The molecular weight excluding hydrogens is 414 g/mol. The fourth-order valence-electron chi connectivity index (χ4n) is 3.50. The molecule has 9 heteroatoms. The summed E-state index contributed by atoms with van der Waals surface area (Å²) in [6.07, 6.45) is 0.773. The second-order valence-corrected chi connectivity index (χ2v) is 8.73. The Morgan fingerprint density at radius 2 is 1.94 bits per heavy atom. The molecule has 31 heavy (non-hydrogen) atoms. The number of benzene rings is 1. The lowest BCUT2D eigenvalue weighted by Crippen LogP contribution is -2.27. The molecule has 8 nitrogen and oxygen atoms in total. The lowest BCUT2D eigenvalue weighted by Gasteiger charge is -2.26. The van der Waals surface area contributed by atoms with E-state index in [9.17, 15) is 5.11 Å². The van der Waals surface area contributed by atoms with Gasteiger partial charge >= 0.3 is 0 Å². The van der Waals surface area contributed by atoms with E-state index in [2.05, 4.69) is 53.1 Å². The van der Waals surface area contributed by atoms with Crippen molar-refractivity contribution in [2.45, 2.75) is 65.6 Å². The van der Waals surface area contributed by atoms with Gasteiger partial charge in [0.1, 0.15) is 0 Å². The van der Waals surface area contributed by atoms with Crippen LogP contribution in [0.5, 0.6) is 0 Å². The first-order valence-electron chi connectivity index (χ1n) is 10.7. The first kappa shape index (κ1) is 23.1. The molecule has 5 N–H and O–H groups in total. The summed E-state index contributed by atoms with van der Waals surface area (Å²) in [7, 11) is 0. The Morgan fingerprint density at radius 1 is 1.19 bits per heavy atom. The van der Waals surface area contributed by atoms with E-state index < -0.39 is 0 Å². The molecule has 0 amide bonds. The maximum absolute atomic E-state index is 9.74. The first-order valence-corrected chi connectivity index (χ1v) is 11.1. The highest BCUT2D eigenvalue weighted by molar-refractivity contribution is 6.33. The van der Waals surface area contributed by atoms with Gasteiger partial charge in [0, 0.05) is 12.6 Å². The SMILES string of the molecule is CCC(CO)Nc1nc(NCc2ccc(Cl)c(N)c2)c2nnc(C(C)C)c-2n1C(C)C. The van der Waals surface area contributed by atoms with E-state index in [0.717, 1.165) is 29.1 Å². The number of rotatable bonds is 9. The molecule has 1 atom stereocenters. The van der Waals surface area contributed by atoms with Crippen LogP contribution >= 0.6 is 11.6 Å². The number of nitrogens with zero attached hydrogens (tertiary/aromatic N) is 4. The highest BCUT2D eigenvalue weighted by Crippen LogP contribution is 2.37. The molecule has 1 unspecified atom stereocenters. The molecule has 0 aromatic heterocycles. The number of aromatic nitrogens is 4. The van der Waals surface area contributed by atoms with Crippen molar-refractivity contribution < 1.29 is 5.11 Å². The van der Waals surface area contributed by atoms with Crippen molar-refractivity contribution in [1.82, 2.24) is 19.7 Å². The molecule has 168 valence electrons. The van der Waals surface area contributed by atoms with Crippen LogP contribution in [-0.4, -0.2) is 37.5 Å². The summed E-state index contributed by atoms with van der Waals surface area (Å²) in [5.41, 5.74) is 10.1. The predicted molar refractivity (Wildman–Crippen MR) is 127 cm³/mol. The Bertz CT molecular complexity index is 998. The van der Waals surface area contributed by atoms with E-state index in [4.69, 9.17) is 22.3 Å². The van der Waals surface area contributed by atoms with Crippen LogP contribution in [0.15, 0.2) is 18.2 Å². The number of nitrogens with one attached hydrogen (secondary N) is 2. The Balaban J connectivity index is 2.08. The summed E-state index contributed by atoms with van der Waals surface area (Å²) >= 11 is 6.04. The zero-order valence-electron chi connectivity index (χ0n) is 18.8. The topological polar surface area (TPSA) is 114 Å². The van der Waals surface area contributed by atoms with E-state index in [-0.39, 0.29) is 24.6 Å². The Labute approximate surface area is 188 Å². The van der Waals surface area contributed by atoms with Gasteiger partial charge in [-0.3, -0.25) is 0 Å². The van der Waals surface area contributed by atoms with E-state index >= 15 is 0 Å². The third-order valence-corrected chi connectivity index (χ3v) is 5.61. The number of aliphatic hydroxyl groups is 1. The Hall–Kier alpha value is -2.58. The number of anilines is 3. The maximum Gasteiger partial charge on any atom is 0.205 e. The minimum Gasteiger partial charge on any atom is -0.398 e. The zero-order valence-corrected chi connectivity index (χ0v) is 19.5. The van der Waals surface area contributed by atoms with Gasteiger partial charge in [0.15, 0.2) is 11.5 Å². The van der Waals surface area contributed by atoms with Crippen molar-refractivity contribution in [3.63, 3.8) is 0 Å². The van der Waals surface area contributed by atoms with Gasteiger partial charge in [-0.2, -0.15) is 10.1 Å². The van der Waals surface area contributed by atoms with Crippen molar-refractivity contribution in [3.8, 4) is 11.4 Å². The second kappa shape index (κ2) is 9.70. The van der Waals surface area contributed by atoms with Crippen LogP contribution in [0.4, 0.5) is 17.5 Å². The van der Waals surface area contributed by atoms with E-state index in [1.54, 1.807) is 6.07 Å². The van der Waals surface area contributed by atoms with E-state index in [0.29, 0.717) is 29.0 Å². The maximum atomic E-state index is 9.74. The summed E-state index contributed by atoms with van der Waals surface area (Å²) in [5.74, 6) is 1.52. The van der Waals surface area contributed by atoms with Crippen molar-refractivity contribution in [3.05, 3.63) is 34.5 Å². The summed E-state index contributed by atoms with van der Waals surface area (Å²) in [4.78, 5) is 4.86. The van der Waals surface area contributed by atoms with Crippen LogP contribution in [0.1, 0.15) is 64.3 Å². The number of hydrogen-bond donors (Lipinski definition) is 4. The number of fused-ring (bicyclic) bond motifs is 1. The molecule has 0 spiro atoms. The Kier molecular flexibility index (Phi) is 7.23. The zero-order chi connectivity index (χ0) is 22.7. The van der Waals surface area contributed by atoms with Crippen LogP contribution in [0.25, 0.3) is 11.4 Å². The quantitative estimate of drug-likeness (QED) is 0.358. The number of nitrogens with two attached hydrogens (primary N) is 1. The minimum absolute atomic E-state index is 0.0235. The van der Waals surface area contributed by atoms with Gasteiger partial charge < -0.3 is 26.0 Å². The van der Waals surface area contributed by atoms with Crippen LogP contribution in [0.3, 0.4) is 0 Å². The molecule has 0 saturated heterocycles. The molecule has 0 aliphatic carbocycles. The van der Waals surface area contributed by atoms with Crippen LogP contribution in [0, 0.1) is 0 Å². The fraction of sp³-hybridized carbons (Fsp3) is 0.500. The van der Waals surface area contributed by atoms with E-state index in [1.165, 1.54) is 0 Å². The lowest BCUT2D eigenvalue weighted by atomic mass is 10.1.